The molecular weight excluding hydrogens is 280 g/mol. The Bertz CT molecular complexity index is 475. The predicted molar refractivity (Wildman–Crippen MR) is 99.7 cm³/mol. The number of benzene rings is 1. The second kappa shape index (κ2) is 10.4. The minimum Gasteiger partial charge on any atom is -0.373 e. The van der Waals surface area contributed by atoms with Crippen LogP contribution in [0, 0.1) is 5.92 Å². The maximum absolute atomic E-state index is 5.61. The molecular formula is C22H32O. The quantitative estimate of drug-likeness (QED) is 0.398. The third-order valence-corrected chi connectivity index (χ3v) is 4.81. The topological polar surface area (TPSA) is 9.23 Å². The Hall–Kier alpha value is -1.34. The van der Waals surface area contributed by atoms with Crippen molar-refractivity contribution < 1.29 is 4.74 Å². The molecule has 0 bridgehead atoms. The molecule has 1 nitrogen and oxygen atoms in total. The molecule has 1 fully saturated rings. The molecule has 0 radical (unpaired) electrons. The molecule has 0 spiro atoms. The van der Waals surface area contributed by atoms with Crippen LogP contribution in [0.3, 0.4) is 0 Å². The lowest BCUT2D eigenvalue weighted by molar-refractivity contribution is 0.148. The van der Waals surface area contributed by atoms with Crippen molar-refractivity contribution in [3.63, 3.8) is 0 Å². The van der Waals surface area contributed by atoms with Gasteiger partial charge in [-0.05, 0) is 62.0 Å². The van der Waals surface area contributed by atoms with E-state index >= 15 is 0 Å². The highest BCUT2D eigenvalue weighted by atomic mass is 16.5. The second-order valence-electron chi connectivity index (χ2n) is 6.65. The van der Waals surface area contributed by atoms with Crippen molar-refractivity contribution in [1.82, 2.24) is 0 Å². The minimum atomic E-state index is 0.702. The van der Waals surface area contributed by atoms with Gasteiger partial charge in [0.2, 0.25) is 0 Å². The molecule has 0 N–H and O–H groups in total. The monoisotopic (exact) mass is 312 g/mol. The summed E-state index contributed by atoms with van der Waals surface area (Å²) in [6.07, 6.45) is 16.8. The Morgan fingerprint density at radius 1 is 1.04 bits per heavy atom. The van der Waals surface area contributed by atoms with Crippen LogP contribution in [-0.4, -0.2) is 6.61 Å². The molecule has 126 valence electrons. The molecule has 0 aromatic heterocycles. The van der Waals surface area contributed by atoms with Gasteiger partial charge >= 0.3 is 0 Å². The first-order chi connectivity index (χ1) is 11.3. The SMILES string of the molecule is C/C=C/COCc1ccc(C2CCC(/C=C/CCC)CC2)cc1. The number of rotatable bonds is 8. The first-order valence-electron chi connectivity index (χ1n) is 9.27. The van der Waals surface area contributed by atoms with Gasteiger partial charge in [0, 0.05) is 0 Å². The standard InChI is InChI=1S/C22H32O/c1-3-5-7-8-19-9-13-21(14-10-19)22-15-11-20(12-16-22)18-23-17-6-4-2/h4,6-8,11-12,15-16,19,21H,3,5,9-10,13-14,17-18H2,1-2H3/b6-4+,8-7+. The van der Waals surface area contributed by atoms with Crippen LogP contribution in [0.15, 0.2) is 48.6 Å². The van der Waals surface area contributed by atoms with Crippen LogP contribution in [-0.2, 0) is 11.3 Å². The molecule has 1 aromatic rings. The molecule has 1 aliphatic rings. The number of ether oxygens (including phenoxy) is 1. The summed E-state index contributed by atoms with van der Waals surface area (Å²) in [5.74, 6) is 1.57. The van der Waals surface area contributed by atoms with Crippen LogP contribution in [0.25, 0.3) is 0 Å². The Morgan fingerprint density at radius 3 is 2.43 bits per heavy atom. The van der Waals surface area contributed by atoms with E-state index < -0.39 is 0 Å². The minimum absolute atomic E-state index is 0.702. The Morgan fingerprint density at radius 2 is 1.78 bits per heavy atom. The zero-order valence-corrected chi connectivity index (χ0v) is 14.8. The Labute approximate surface area is 142 Å². The number of hydrogen-bond donors (Lipinski definition) is 0. The van der Waals surface area contributed by atoms with Gasteiger partial charge in [-0.25, -0.2) is 0 Å². The highest BCUT2D eigenvalue weighted by Gasteiger charge is 2.20. The van der Waals surface area contributed by atoms with Gasteiger partial charge < -0.3 is 4.74 Å². The number of allylic oxidation sites excluding steroid dienone is 3. The maximum atomic E-state index is 5.61. The van der Waals surface area contributed by atoms with Gasteiger partial charge in [-0.3, -0.25) is 0 Å². The Kier molecular flexibility index (Phi) is 8.17. The second-order valence-corrected chi connectivity index (χ2v) is 6.65. The number of hydrogen-bond acceptors (Lipinski definition) is 1. The van der Waals surface area contributed by atoms with Crippen molar-refractivity contribution in [3.05, 3.63) is 59.7 Å². The molecule has 0 saturated heterocycles. The summed E-state index contributed by atoms with van der Waals surface area (Å²) in [7, 11) is 0. The van der Waals surface area contributed by atoms with Crippen molar-refractivity contribution >= 4 is 0 Å². The van der Waals surface area contributed by atoms with E-state index in [1.54, 1.807) is 0 Å². The zero-order valence-electron chi connectivity index (χ0n) is 14.8. The van der Waals surface area contributed by atoms with Gasteiger partial charge in [-0.15, -0.1) is 0 Å². The summed E-state index contributed by atoms with van der Waals surface area (Å²) >= 11 is 0. The molecule has 0 amide bonds. The molecule has 0 heterocycles. The smallest absolute Gasteiger partial charge is 0.0721 e. The summed E-state index contributed by atoms with van der Waals surface area (Å²) < 4.78 is 5.61. The first kappa shape index (κ1) is 18.0. The third kappa shape index (κ3) is 6.35. The summed E-state index contributed by atoms with van der Waals surface area (Å²) in [4.78, 5) is 0. The maximum Gasteiger partial charge on any atom is 0.0721 e. The van der Waals surface area contributed by atoms with Crippen LogP contribution in [0.4, 0.5) is 0 Å². The van der Waals surface area contributed by atoms with E-state index in [9.17, 15) is 0 Å². The summed E-state index contributed by atoms with van der Waals surface area (Å²) in [6.45, 7) is 5.68. The fourth-order valence-electron chi connectivity index (χ4n) is 3.33. The van der Waals surface area contributed by atoms with Crippen LogP contribution >= 0.6 is 0 Å². The fourth-order valence-corrected chi connectivity index (χ4v) is 3.33. The summed E-state index contributed by atoms with van der Waals surface area (Å²) in [5.41, 5.74) is 2.78. The average Bonchev–Trinajstić information content (AvgIpc) is 2.60. The van der Waals surface area contributed by atoms with Gasteiger partial charge in [0.05, 0.1) is 13.2 Å². The van der Waals surface area contributed by atoms with E-state index in [1.165, 1.54) is 49.7 Å². The van der Waals surface area contributed by atoms with Crippen molar-refractivity contribution in [2.45, 2.75) is 64.9 Å². The van der Waals surface area contributed by atoms with E-state index in [-0.39, 0.29) is 0 Å². The van der Waals surface area contributed by atoms with E-state index in [0.717, 1.165) is 11.8 Å². The molecule has 1 heteroatoms. The van der Waals surface area contributed by atoms with Crippen molar-refractivity contribution in [3.8, 4) is 0 Å². The molecule has 1 aliphatic carbocycles. The molecule has 0 aliphatic heterocycles. The molecule has 1 saturated carbocycles. The summed E-state index contributed by atoms with van der Waals surface area (Å²) in [5, 5.41) is 0. The third-order valence-electron chi connectivity index (χ3n) is 4.81. The lowest BCUT2D eigenvalue weighted by Crippen LogP contribution is -2.11. The van der Waals surface area contributed by atoms with E-state index in [1.807, 2.05) is 19.1 Å². The van der Waals surface area contributed by atoms with Gasteiger partial charge in [-0.2, -0.15) is 0 Å². The Balaban J connectivity index is 1.77. The normalized spacial score (nSPS) is 22.2. The molecule has 0 unspecified atom stereocenters. The highest BCUT2D eigenvalue weighted by Crippen LogP contribution is 2.36. The molecule has 1 aromatic carbocycles. The first-order valence-corrected chi connectivity index (χ1v) is 9.27. The number of unbranched alkanes of at least 4 members (excludes halogenated alkanes) is 1. The van der Waals surface area contributed by atoms with E-state index in [2.05, 4.69) is 43.3 Å². The van der Waals surface area contributed by atoms with Crippen LogP contribution in [0.1, 0.15) is 69.4 Å². The molecule has 0 atom stereocenters. The molecule has 2 rings (SSSR count). The lowest BCUT2D eigenvalue weighted by Gasteiger charge is -2.27. The molecule has 23 heavy (non-hydrogen) atoms. The van der Waals surface area contributed by atoms with Gasteiger partial charge in [0.25, 0.3) is 0 Å². The van der Waals surface area contributed by atoms with Gasteiger partial charge in [0.15, 0.2) is 0 Å². The van der Waals surface area contributed by atoms with Crippen LogP contribution in [0.5, 0.6) is 0 Å². The van der Waals surface area contributed by atoms with Gasteiger partial charge in [0.1, 0.15) is 0 Å². The van der Waals surface area contributed by atoms with Gasteiger partial charge in [-0.1, -0.05) is 61.9 Å². The van der Waals surface area contributed by atoms with Crippen LogP contribution < -0.4 is 0 Å². The zero-order chi connectivity index (χ0) is 16.3. The summed E-state index contributed by atoms with van der Waals surface area (Å²) in [6, 6.07) is 9.09. The van der Waals surface area contributed by atoms with Crippen molar-refractivity contribution in [2.75, 3.05) is 6.61 Å². The average molecular weight is 312 g/mol. The van der Waals surface area contributed by atoms with Crippen molar-refractivity contribution in [2.24, 2.45) is 5.92 Å². The van der Waals surface area contributed by atoms with Crippen LogP contribution in [0.2, 0.25) is 0 Å². The predicted octanol–water partition coefficient (Wildman–Crippen LogP) is 6.41. The lowest BCUT2D eigenvalue weighted by atomic mass is 9.78. The highest BCUT2D eigenvalue weighted by molar-refractivity contribution is 5.25. The van der Waals surface area contributed by atoms with E-state index in [4.69, 9.17) is 4.74 Å². The fraction of sp³-hybridized carbons (Fsp3) is 0.545. The largest absolute Gasteiger partial charge is 0.373 e. The van der Waals surface area contributed by atoms with E-state index in [0.29, 0.717) is 13.2 Å². The van der Waals surface area contributed by atoms with Crippen molar-refractivity contribution in [1.29, 1.82) is 0 Å².